The summed E-state index contributed by atoms with van der Waals surface area (Å²) in [6, 6.07) is 14.5. The van der Waals surface area contributed by atoms with Gasteiger partial charge >= 0.3 is 12.1 Å². The molecule has 3 aromatic rings. The van der Waals surface area contributed by atoms with E-state index >= 15 is 0 Å². The van der Waals surface area contributed by atoms with Crippen LogP contribution in [0.2, 0.25) is 0 Å². The van der Waals surface area contributed by atoms with Crippen LogP contribution in [-0.4, -0.2) is 53.2 Å². The molecule has 0 saturated carbocycles. The van der Waals surface area contributed by atoms with E-state index in [0.717, 1.165) is 10.9 Å². The molecule has 0 unspecified atom stereocenters. The van der Waals surface area contributed by atoms with Gasteiger partial charge in [-0.05, 0) is 38.0 Å². The summed E-state index contributed by atoms with van der Waals surface area (Å²) < 4.78 is 11.9. The van der Waals surface area contributed by atoms with Crippen molar-refractivity contribution >= 4 is 34.8 Å². The molecule has 37 heavy (non-hydrogen) atoms. The zero-order valence-corrected chi connectivity index (χ0v) is 21.7. The number of carbonyl (C=O) groups is 4. The topological polar surface area (TPSA) is 116 Å². The van der Waals surface area contributed by atoms with Gasteiger partial charge in [-0.2, -0.15) is 0 Å². The number of benzene rings is 2. The van der Waals surface area contributed by atoms with E-state index in [4.69, 9.17) is 9.47 Å². The van der Waals surface area contributed by atoms with Gasteiger partial charge in [0, 0.05) is 31.3 Å². The summed E-state index contributed by atoms with van der Waals surface area (Å²) in [5.74, 6) is -1.54. The number of hydrogen-bond acceptors (Lipinski definition) is 6. The smallest absolute Gasteiger partial charge is 0.419 e. The summed E-state index contributed by atoms with van der Waals surface area (Å²) in [5.41, 5.74) is 1.42. The molecule has 0 aliphatic rings. The van der Waals surface area contributed by atoms with Crippen LogP contribution in [0.4, 0.5) is 4.79 Å². The van der Waals surface area contributed by atoms with Crippen LogP contribution < -0.4 is 10.6 Å². The highest BCUT2D eigenvalue weighted by Gasteiger charge is 2.29. The monoisotopic (exact) mass is 507 g/mol. The predicted octanol–water partition coefficient (Wildman–Crippen LogP) is 3.37. The lowest BCUT2D eigenvalue weighted by molar-refractivity contribution is -0.145. The number of nitrogens with zero attached hydrogens (tertiary/aromatic N) is 1. The predicted molar refractivity (Wildman–Crippen MR) is 139 cm³/mol. The number of nitrogens with one attached hydrogen (secondary N) is 2. The summed E-state index contributed by atoms with van der Waals surface area (Å²) in [6.45, 7) is 6.67. The molecular formula is C28H33N3O6. The molecule has 2 aromatic carbocycles. The van der Waals surface area contributed by atoms with Crippen LogP contribution in [0.5, 0.6) is 0 Å². The molecule has 0 saturated heterocycles. The van der Waals surface area contributed by atoms with Crippen LogP contribution in [0, 0.1) is 0 Å². The molecule has 0 fully saturated rings. The van der Waals surface area contributed by atoms with Crippen molar-refractivity contribution < 1.29 is 28.7 Å². The van der Waals surface area contributed by atoms with Gasteiger partial charge in [-0.3, -0.25) is 14.2 Å². The maximum atomic E-state index is 13.2. The van der Waals surface area contributed by atoms with E-state index in [1.165, 1.54) is 18.6 Å². The van der Waals surface area contributed by atoms with Crippen molar-refractivity contribution in [3.8, 4) is 0 Å². The van der Waals surface area contributed by atoms with Crippen LogP contribution in [0.15, 0.2) is 60.8 Å². The van der Waals surface area contributed by atoms with E-state index < -0.39 is 35.7 Å². The van der Waals surface area contributed by atoms with E-state index in [2.05, 4.69) is 10.6 Å². The van der Waals surface area contributed by atoms with Crippen molar-refractivity contribution in [1.29, 1.82) is 0 Å². The van der Waals surface area contributed by atoms with Gasteiger partial charge in [0.05, 0.1) is 12.6 Å². The fraction of sp³-hybridized carbons (Fsp3) is 0.357. The second-order valence-corrected chi connectivity index (χ2v) is 9.75. The summed E-state index contributed by atoms with van der Waals surface area (Å²) in [5, 5.41) is 6.12. The number of esters is 1. The highest BCUT2D eigenvalue weighted by molar-refractivity contribution is 5.94. The van der Waals surface area contributed by atoms with E-state index in [0.29, 0.717) is 11.1 Å². The van der Waals surface area contributed by atoms with Crippen LogP contribution in [0.3, 0.4) is 0 Å². The quantitative estimate of drug-likeness (QED) is 0.452. The molecular weight excluding hydrogens is 474 g/mol. The Bertz CT molecular complexity index is 1280. The fourth-order valence-electron chi connectivity index (χ4n) is 4.01. The van der Waals surface area contributed by atoms with E-state index in [9.17, 15) is 19.2 Å². The first-order valence-corrected chi connectivity index (χ1v) is 12.0. The summed E-state index contributed by atoms with van der Waals surface area (Å²) in [6.07, 6.45) is 1.36. The molecule has 0 bridgehead atoms. The molecule has 0 radical (unpaired) electrons. The largest absolute Gasteiger partial charge is 0.467 e. The van der Waals surface area contributed by atoms with Crippen molar-refractivity contribution in [2.24, 2.45) is 0 Å². The van der Waals surface area contributed by atoms with Gasteiger partial charge in [0.25, 0.3) is 0 Å². The SMILES string of the molecule is COC(=O)[C@@H](Cc1cn(C(=O)OC(C)(C)C)c2ccccc12)NC(=O)[C@H](Cc1ccccc1)NC(C)=O. The Morgan fingerprint density at radius 3 is 2.16 bits per heavy atom. The molecule has 9 nitrogen and oxygen atoms in total. The Balaban J connectivity index is 1.89. The third-order valence-corrected chi connectivity index (χ3v) is 5.59. The number of amides is 2. The van der Waals surface area contributed by atoms with Gasteiger partial charge in [0.2, 0.25) is 11.8 Å². The minimum absolute atomic E-state index is 0.0624. The normalized spacial score (nSPS) is 12.9. The lowest BCUT2D eigenvalue weighted by atomic mass is 10.0. The molecule has 1 heterocycles. The summed E-state index contributed by atoms with van der Waals surface area (Å²) in [7, 11) is 1.24. The molecule has 1 aromatic heterocycles. The number of carbonyl (C=O) groups excluding carboxylic acids is 4. The van der Waals surface area contributed by atoms with E-state index in [1.54, 1.807) is 39.1 Å². The highest BCUT2D eigenvalue weighted by atomic mass is 16.6. The maximum Gasteiger partial charge on any atom is 0.419 e. The molecule has 2 amide bonds. The second-order valence-electron chi connectivity index (χ2n) is 9.75. The van der Waals surface area contributed by atoms with Gasteiger partial charge in [0.1, 0.15) is 17.7 Å². The molecule has 0 aliphatic heterocycles. The molecule has 0 aliphatic carbocycles. The number of aromatic nitrogens is 1. The number of ether oxygens (including phenoxy) is 2. The number of para-hydroxylation sites is 1. The van der Waals surface area contributed by atoms with E-state index in [1.807, 2.05) is 42.5 Å². The van der Waals surface area contributed by atoms with Gasteiger partial charge in [-0.25, -0.2) is 9.59 Å². The summed E-state index contributed by atoms with van der Waals surface area (Å²) in [4.78, 5) is 50.6. The van der Waals surface area contributed by atoms with Crippen molar-refractivity contribution in [3.05, 3.63) is 71.9 Å². The van der Waals surface area contributed by atoms with Crippen LogP contribution in [0.25, 0.3) is 10.9 Å². The first-order valence-electron chi connectivity index (χ1n) is 12.0. The van der Waals surface area contributed by atoms with Crippen LogP contribution in [-0.2, 0) is 36.7 Å². The molecule has 9 heteroatoms. The fourth-order valence-corrected chi connectivity index (χ4v) is 4.01. The lowest BCUT2D eigenvalue weighted by Gasteiger charge is -2.22. The van der Waals surface area contributed by atoms with Crippen molar-refractivity contribution in [3.63, 3.8) is 0 Å². The van der Waals surface area contributed by atoms with Crippen LogP contribution >= 0.6 is 0 Å². The molecule has 2 atom stereocenters. The maximum absolute atomic E-state index is 13.2. The van der Waals surface area contributed by atoms with Crippen molar-refractivity contribution in [2.75, 3.05) is 7.11 Å². The number of rotatable bonds is 8. The molecule has 196 valence electrons. The first-order chi connectivity index (χ1) is 17.5. The van der Waals surface area contributed by atoms with E-state index in [-0.39, 0.29) is 18.7 Å². The van der Waals surface area contributed by atoms with Gasteiger partial charge < -0.3 is 20.1 Å². The Morgan fingerprint density at radius 2 is 1.54 bits per heavy atom. The Hall–Kier alpha value is -4.14. The average molecular weight is 508 g/mol. The van der Waals surface area contributed by atoms with Crippen molar-refractivity contribution in [1.82, 2.24) is 15.2 Å². The standard InChI is InChI=1S/C28H33N3O6/c1-18(32)29-22(15-19-11-7-6-8-12-19)25(33)30-23(26(34)36-5)16-20-17-31(27(35)37-28(2,3)4)24-14-10-9-13-21(20)24/h6-14,17,22-23H,15-16H2,1-5H3,(H,29,32)(H,30,33)/t22-,23+/m0/s1. The zero-order valence-electron chi connectivity index (χ0n) is 21.7. The highest BCUT2D eigenvalue weighted by Crippen LogP contribution is 2.24. The average Bonchev–Trinajstić information content (AvgIpc) is 3.20. The Morgan fingerprint density at radius 1 is 0.892 bits per heavy atom. The second kappa shape index (κ2) is 11.7. The van der Waals surface area contributed by atoms with Gasteiger partial charge in [-0.1, -0.05) is 48.5 Å². The third-order valence-electron chi connectivity index (χ3n) is 5.59. The minimum Gasteiger partial charge on any atom is -0.467 e. The van der Waals surface area contributed by atoms with Gasteiger partial charge in [-0.15, -0.1) is 0 Å². The zero-order chi connectivity index (χ0) is 27.2. The Kier molecular flexibility index (Phi) is 8.70. The van der Waals surface area contributed by atoms with Crippen molar-refractivity contribution in [2.45, 2.75) is 58.2 Å². The number of methoxy groups -OCH3 is 1. The first kappa shape index (κ1) is 27.4. The van der Waals surface area contributed by atoms with Crippen LogP contribution in [0.1, 0.15) is 38.8 Å². The van der Waals surface area contributed by atoms with Gasteiger partial charge in [0.15, 0.2) is 0 Å². The minimum atomic E-state index is -1.05. The molecule has 0 spiro atoms. The Labute approximate surface area is 216 Å². The number of hydrogen-bond donors (Lipinski definition) is 2. The number of fused-ring (bicyclic) bond motifs is 1. The lowest BCUT2D eigenvalue weighted by Crippen LogP contribution is -2.53. The molecule has 2 N–H and O–H groups in total. The third kappa shape index (κ3) is 7.42. The molecule has 3 rings (SSSR count). The summed E-state index contributed by atoms with van der Waals surface area (Å²) >= 11 is 0.